The number of hydrogen-bond donors (Lipinski definition) is 2. The van der Waals surface area contributed by atoms with Crippen molar-refractivity contribution in [2.45, 2.75) is 50.6 Å². The van der Waals surface area contributed by atoms with E-state index >= 15 is 0 Å². The summed E-state index contributed by atoms with van der Waals surface area (Å²) in [4.78, 5) is 32.5. The topological polar surface area (TPSA) is 74.3 Å². The summed E-state index contributed by atoms with van der Waals surface area (Å²) >= 11 is 0. The molecule has 1 atom stereocenters. The van der Waals surface area contributed by atoms with Crippen molar-refractivity contribution in [2.75, 3.05) is 16.8 Å². The van der Waals surface area contributed by atoms with Crippen molar-refractivity contribution in [2.24, 2.45) is 0 Å². The molecule has 2 amide bonds. The van der Waals surface area contributed by atoms with Crippen LogP contribution in [0.2, 0.25) is 0 Å². The van der Waals surface area contributed by atoms with Crippen LogP contribution in [0.1, 0.15) is 42.9 Å². The molecule has 0 bridgehead atoms. The summed E-state index contributed by atoms with van der Waals surface area (Å²) in [6.07, 6.45) is 0.844. The van der Waals surface area contributed by atoms with E-state index in [4.69, 9.17) is 0 Å². The maximum atomic E-state index is 14.3. The van der Waals surface area contributed by atoms with Crippen LogP contribution in [0.3, 0.4) is 0 Å². The molecule has 1 unspecified atom stereocenters. The second-order valence-electron chi connectivity index (χ2n) is 9.33. The number of alkyl halides is 2. The Labute approximate surface area is 218 Å². The lowest BCUT2D eigenvalue weighted by Gasteiger charge is -2.35. The van der Waals surface area contributed by atoms with Crippen LogP contribution in [0.5, 0.6) is 0 Å². The number of amides is 2. The fourth-order valence-corrected chi connectivity index (χ4v) is 4.58. The quantitative estimate of drug-likeness (QED) is 0.376. The molecule has 4 rings (SSSR count). The van der Waals surface area contributed by atoms with Crippen LogP contribution in [0, 0.1) is 18.6 Å². The number of pyridine rings is 1. The normalized spacial score (nSPS) is 15.9. The van der Waals surface area contributed by atoms with Gasteiger partial charge >= 0.3 is 0 Å². The molecular weight excluding hydrogens is 500 g/mol. The molecule has 0 aliphatic heterocycles. The zero-order valence-electron chi connectivity index (χ0n) is 20.8. The lowest BCUT2D eigenvalue weighted by Crippen LogP contribution is -2.49. The predicted octanol–water partition coefficient (Wildman–Crippen LogP) is 5.55. The molecule has 38 heavy (non-hydrogen) atoms. The number of benzene rings is 2. The average molecular weight is 529 g/mol. The maximum Gasteiger partial charge on any atom is 0.248 e. The van der Waals surface area contributed by atoms with E-state index in [9.17, 15) is 27.2 Å². The summed E-state index contributed by atoms with van der Waals surface area (Å²) in [5.41, 5.74) is 1.28. The fraction of sp³-hybridized carbons (Fsp3) is 0.321. The number of aryl methyl sites for hydroxylation is 1. The third kappa shape index (κ3) is 6.48. The highest BCUT2D eigenvalue weighted by atomic mass is 19.3. The van der Waals surface area contributed by atoms with Gasteiger partial charge in [0.15, 0.2) is 11.6 Å². The van der Waals surface area contributed by atoms with Crippen molar-refractivity contribution >= 4 is 23.3 Å². The van der Waals surface area contributed by atoms with E-state index in [1.54, 1.807) is 31.2 Å². The number of nitrogens with zero attached hydrogens (tertiary/aromatic N) is 2. The number of aromatic nitrogens is 1. The van der Waals surface area contributed by atoms with Gasteiger partial charge in [0.25, 0.3) is 0 Å². The summed E-state index contributed by atoms with van der Waals surface area (Å²) in [5.74, 6) is -5.45. The van der Waals surface area contributed by atoms with E-state index in [1.807, 2.05) is 0 Å². The lowest BCUT2D eigenvalue weighted by atomic mass is 9.91. The van der Waals surface area contributed by atoms with Crippen molar-refractivity contribution in [1.29, 1.82) is 0 Å². The molecule has 2 N–H and O–H groups in total. The minimum atomic E-state index is -2.77. The van der Waals surface area contributed by atoms with Crippen LogP contribution in [0.15, 0.2) is 66.9 Å². The molecule has 1 aromatic heterocycles. The molecule has 0 spiro atoms. The molecule has 6 nitrogen and oxygen atoms in total. The highest BCUT2D eigenvalue weighted by Crippen LogP contribution is 2.35. The van der Waals surface area contributed by atoms with Gasteiger partial charge in [0, 0.05) is 30.8 Å². The van der Waals surface area contributed by atoms with Gasteiger partial charge in [-0.2, -0.15) is 0 Å². The summed E-state index contributed by atoms with van der Waals surface area (Å²) in [6, 6.07) is 13.0. The van der Waals surface area contributed by atoms with Crippen molar-refractivity contribution in [3.05, 3.63) is 89.6 Å². The molecule has 200 valence electrons. The molecule has 1 fully saturated rings. The van der Waals surface area contributed by atoms with Crippen LogP contribution in [0.4, 0.5) is 29.1 Å². The van der Waals surface area contributed by atoms with Crippen molar-refractivity contribution in [1.82, 2.24) is 10.3 Å². The molecule has 10 heteroatoms. The highest BCUT2D eigenvalue weighted by molar-refractivity contribution is 6.03. The Morgan fingerprint density at radius 2 is 1.79 bits per heavy atom. The average Bonchev–Trinajstić information content (AvgIpc) is 2.88. The van der Waals surface area contributed by atoms with E-state index in [-0.39, 0.29) is 37.2 Å². The Hall–Kier alpha value is -3.95. The smallest absolute Gasteiger partial charge is 0.248 e. The van der Waals surface area contributed by atoms with Gasteiger partial charge in [-0.1, -0.05) is 30.3 Å². The van der Waals surface area contributed by atoms with Crippen LogP contribution in [-0.4, -0.2) is 35.3 Å². The van der Waals surface area contributed by atoms with Crippen LogP contribution in [0.25, 0.3) is 0 Å². The molecule has 3 aromatic rings. The first-order chi connectivity index (χ1) is 18.1. The number of hydrogen-bond acceptors (Lipinski definition) is 4. The van der Waals surface area contributed by atoms with Gasteiger partial charge in [-0.25, -0.2) is 22.5 Å². The first kappa shape index (κ1) is 27.1. The number of nitrogens with one attached hydrogen (secondary N) is 2. The first-order valence-electron chi connectivity index (χ1n) is 12.3. The van der Waals surface area contributed by atoms with E-state index in [0.717, 1.165) is 11.0 Å². The Bertz CT molecular complexity index is 1290. The van der Waals surface area contributed by atoms with Gasteiger partial charge in [-0.15, -0.1) is 0 Å². The summed E-state index contributed by atoms with van der Waals surface area (Å²) in [6.45, 7) is 1.32. The molecule has 1 heterocycles. The number of carbonyl (C=O) groups excluding carboxylic acids is 2. The monoisotopic (exact) mass is 528 g/mol. The zero-order valence-corrected chi connectivity index (χ0v) is 20.8. The number of rotatable bonds is 8. The van der Waals surface area contributed by atoms with Crippen LogP contribution >= 0.6 is 0 Å². The Morgan fingerprint density at radius 3 is 2.47 bits per heavy atom. The Balaban J connectivity index is 1.70. The van der Waals surface area contributed by atoms with Gasteiger partial charge < -0.3 is 10.6 Å². The zero-order chi connectivity index (χ0) is 27.3. The van der Waals surface area contributed by atoms with Gasteiger partial charge in [-0.3, -0.25) is 14.5 Å². The summed E-state index contributed by atoms with van der Waals surface area (Å²) in [7, 11) is 0. The minimum Gasteiger partial charge on any atom is -0.359 e. The molecule has 1 saturated carbocycles. The second-order valence-corrected chi connectivity index (χ2v) is 9.33. The summed E-state index contributed by atoms with van der Waals surface area (Å²) in [5, 5.41) is 5.47. The van der Waals surface area contributed by atoms with E-state index in [0.29, 0.717) is 11.1 Å². The molecule has 1 aliphatic rings. The third-order valence-corrected chi connectivity index (χ3v) is 6.57. The lowest BCUT2D eigenvalue weighted by molar-refractivity contribution is -0.127. The van der Waals surface area contributed by atoms with Gasteiger partial charge in [-0.05, 0) is 61.2 Å². The highest BCUT2D eigenvalue weighted by Gasteiger charge is 2.38. The minimum absolute atomic E-state index is 0.0909. The first-order valence-corrected chi connectivity index (χ1v) is 12.3. The number of carbonyl (C=O) groups is 2. The standard InChI is InChI=1S/C28H28F4N4O2/c1-18-6-2-3-9-22(18)25(27(38)35-20-11-13-28(31,32)14-12-20)36(21-8-4-7-19(29)16-21)24(37)17-34-26-23(30)10-5-15-33-26/h2-10,15-16,20,25H,11-14,17H2,1H3,(H,33,34)(H,35,38). The van der Waals surface area contributed by atoms with Crippen LogP contribution < -0.4 is 15.5 Å². The molecule has 1 aliphatic carbocycles. The van der Waals surface area contributed by atoms with Crippen LogP contribution in [-0.2, 0) is 9.59 Å². The maximum absolute atomic E-state index is 14.3. The Morgan fingerprint density at radius 1 is 1.05 bits per heavy atom. The number of anilines is 2. The van der Waals surface area contributed by atoms with Crippen molar-refractivity contribution < 1.29 is 27.2 Å². The summed E-state index contributed by atoms with van der Waals surface area (Å²) < 4.78 is 55.8. The van der Waals surface area contributed by atoms with E-state index in [1.165, 1.54) is 36.5 Å². The molecular formula is C28H28F4N4O2. The van der Waals surface area contributed by atoms with Crippen molar-refractivity contribution in [3.63, 3.8) is 0 Å². The largest absolute Gasteiger partial charge is 0.359 e. The van der Waals surface area contributed by atoms with E-state index < -0.39 is 48.0 Å². The molecule has 0 saturated heterocycles. The predicted molar refractivity (Wildman–Crippen MR) is 136 cm³/mol. The van der Waals surface area contributed by atoms with Crippen molar-refractivity contribution in [3.8, 4) is 0 Å². The van der Waals surface area contributed by atoms with Gasteiger partial charge in [0.05, 0.1) is 6.54 Å². The second kappa shape index (κ2) is 11.6. The van der Waals surface area contributed by atoms with Gasteiger partial charge in [0.2, 0.25) is 17.7 Å². The van der Waals surface area contributed by atoms with Gasteiger partial charge in [0.1, 0.15) is 11.9 Å². The fourth-order valence-electron chi connectivity index (χ4n) is 4.58. The number of halogens is 4. The Kier molecular flexibility index (Phi) is 8.29. The SMILES string of the molecule is Cc1ccccc1C(C(=O)NC1CCC(F)(F)CC1)N(C(=O)CNc1ncccc1F)c1cccc(F)c1. The third-order valence-electron chi connectivity index (χ3n) is 6.57. The van der Waals surface area contributed by atoms with E-state index in [2.05, 4.69) is 15.6 Å². The molecule has 2 aromatic carbocycles. The molecule has 0 radical (unpaired) electrons.